The van der Waals surface area contributed by atoms with Gasteiger partial charge in [-0.25, -0.2) is 4.98 Å². The van der Waals surface area contributed by atoms with E-state index in [1.54, 1.807) is 0 Å². The van der Waals surface area contributed by atoms with Crippen LogP contribution in [0.25, 0.3) is 0 Å². The van der Waals surface area contributed by atoms with E-state index >= 15 is 0 Å². The van der Waals surface area contributed by atoms with E-state index in [1.165, 1.54) is 6.20 Å². The Morgan fingerprint density at radius 3 is 2.50 bits per heavy atom. The Hall–Kier alpha value is -2.05. The highest BCUT2D eigenvalue weighted by Gasteiger charge is 1.98. The Balaban J connectivity index is 3.05. The van der Waals surface area contributed by atoms with Gasteiger partial charge in [0.25, 0.3) is 5.95 Å². The predicted molar refractivity (Wildman–Crippen MR) is 46.3 cm³/mol. The van der Waals surface area contributed by atoms with Crippen molar-refractivity contribution in [2.75, 3.05) is 11.5 Å². The Labute approximate surface area is 68.5 Å². The molecule has 8 N–H and O–H groups in total. The molecule has 0 aliphatic rings. The van der Waals surface area contributed by atoms with Crippen molar-refractivity contribution in [1.82, 2.24) is 9.97 Å². The summed E-state index contributed by atoms with van der Waals surface area (Å²) in [5.74, 6) is 0.130. The van der Waals surface area contributed by atoms with Gasteiger partial charge in [-0.3, -0.25) is 0 Å². The van der Waals surface area contributed by atoms with Crippen molar-refractivity contribution in [3.05, 3.63) is 6.20 Å². The van der Waals surface area contributed by atoms with Crippen LogP contribution in [0.3, 0.4) is 0 Å². The van der Waals surface area contributed by atoms with E-state index in [9.17, 15) is 0 Å². The molecule has 12 heavy (non-hydrogen) atoms. The van der Waals surface area contributed by atoms with Gasteiger partial charge >= 0.3 is 0 Å². The molecule has 0 atom stereocenters. The average Bonchev–Trinajstić information content (AvgIpc) is 1.96. The molecule has 0 saturated heterocycles. The molecule has 1 aromatic heterocycles. The highest BCUT2D eigenvalue weighted by molar-refractivity contribution is 5.78. The van der Waals surface area contributed by atoms with Gasteiger partial charge in [-0.15, -0.1) is 0 Å². The van der Waals surface area contributed by atoms with Crippen LogP contribution in [0, 0.1) is 0 Å². The number of hydrogen-bond donors (Lipinski definition) is 4. The number of aliphatic imine (C=N–C) groups is 1. The molecule has 64 valence electrons. The molecule has 0 amide bonds. The van der Waals surface area contributed by atoms with Gasteiger partial charge in [0.1, 0.15) is 0 Å². The standard InChI is InChI=1S/C5H9N7/c6-2-1-10-5(11-3(2)7)12-4(8)9/h1H,6H2,(H6,7,8,9,10,11,12). The number of guanidine groups is 1. The highest BCUT2D eigenvalue weighted by Crippen LogP contribution is 2.12. The normalized spacial score (nSPS) is 9.33. The first kappa shape index (κ1) is 8.05. The number of nitrogen functional groups attached to an aromatic ring is 2. The Morgan fingerprint density at radius 1 is 1.33 bits per heavy atom. The quantitative estimate of drug-likeness (QED) is 0.297. The number of aromatic nitrogens is 2. The lowest BCUT2D eigenvalue weighted by atomic mass is 10.5. The maximum atomic E-state index is 5.37. The third-order valence-electron chi connectivity index (χ3n) is 1.06. The van der Waals surface area contributed by atoms with E-state index < -0.39 is 0 Å². The summed E-state index contributed by atoms with van der Waals surface area (Å²) in [6, 6.07) is 0. The first-order valence-electron chi connectivity index (χ1n) is 3.07. The minimum absolute atomic E-state index is 0.0988. The summed E-state index contributed by atoms with van der Waals surface area (Å²) in [6.45, 7) is 0. The predicted octanol–water partition coefficient (Wildman–Crippen LogP) is -1.45. The van der Waals surface area contributed by atoms with Crippen molar-refractivity contribution in [1.29, 1.82) is 0 Å². The Bertz CT molecular complexity index is 314. The minimum atomic E-state index is -0.126. The van der Waals surface area contributed by atoms with Crippen LogP contribution in [0.1, 0.15) is 0 Å². The zero-order valence-electron chi connectivity index (χ0n) is 6.23. The summed E-state index contributed by atoms with van der Waals surface area (Å²) in [5, 5.41) is 0. The maximum absolute atomic E-state index is 5.37. The lowest BCUT2D eigenvalue weighted by Crippen LogP contribution is -2.22. The SMILES string of the molecule is NC(N)=Nc1ncc(N)c(N)n1. The second-order valence-electron chi connectivity index (χ2n) is 2.05. The molecular weight excluding hydrogens is 158 g/mol. The summed E-state index contributed by atoms with van der Waals surface area (Å²) < 4.78 is 0. The molecule has 0 spiro atoms. The number of anilines is 2. The fourth-order valence-electron chi connectivity index (χ4n) is 0.564. The molecule has 1 heterocycles. The monoisotopic (exact) mass is 167 g/mol. The van der Waals surface area contributed by atoms with E-state index in [1.807, 2.05) is 0 Å². The zero-order chi connectivity index (χ0) is 9.14. The van der Waals surface area contributed by atoms with Crippen LogP contribution in [0.5, 0.6) is 0 Å². The molecule has 0 fully saturated rings. The van der Waals surface area contributed by atoms with E-state index in [-0.39, 0.29) is 17.7 Å². The lowest BCUT2D eigenvalue weighted by molar-refractivity contribution is 1.14. The van der Waals surface area contributed by atoms with Gasteiger partial charge in [0.05, 0.1) is 11.9 Å². The smallest absolute Gasteiger partial charge is 0.254 e. The van der Waals surface area contributed by atoms with Crippen LogP contribution in [-0.2, 0) is 0 Å². The summed E-state index contributed by atoms with van der Waals surface area (Å²) in [7, 11) is 0. The van der Waals surface area contributed by atoms with Crippen molar-refractivity contribution in [3.8, 4) is 0 Å². The van der Waals surface area contributed by atoms with Crippen LogP contribution in [0.4, 0.5) is 17.5 Å². The molecule has 0 aliphatic heterocycles. The fourth-order valence-corrected chi connectivity index (χ4v) is 0.564. The summed E-state index contributed by atoms with van der Waals surface area (Å²) in [4.78, 5) is 11.0. The van der Waals surface area contributed by atoms with Gasteiger partial charge in [0, 0.05) is 0 Å². The number of rotatable bonds is 1. The second-order valence-corrected chi connectivity index (χ2v) is 2.05. The largest absolute Gasteiger partial charge is 0.394 e. The van der Waals surface area contributed by atoms with Crippen LogP contribution in [-0.4, -0.2) is 15.9 Å². The van der Waals surface area contributed by atoms with E-state index in [0.717, 1.165) is 0 Å². The fraction of sp³-hybridized carbons (Fsp3) is 0. The molecule has 0 aromatic carbocycles. The molecule has 1 rings (SSSR count). The third-order valence-corrected chi connectivity index (χ3v) is 1.06. The molecule has 1 aromatic rings. The average molecular weight is 167 g/mol. The van der Waals surface area contributed by atoms with Gasteiger partial charge in [-0.2, -0.15) is 9.98 Å². The highest BCUT2D eigenvalue weighted by atomic mass is 15.1. The summed E-state index contributed by atoms with van der Waals surface area (Å²) >= 11 is 0. The van der Waals surface area contributed by atoms with Crippen molar-refractivity contribution in [3.63, 3.8) is 0 Å². The first-order chi connectivity index (χ1) is 5.59. The topological polar surface area (TPSA) is 142 Å². The maximum Gasteiger partial charge on any atom is 0.254 e. The van der Waals surface area contributed by atoms with Crippen molar-refractivity contribution < 1.29 is 0 Å². The van der Waals surface area contributed by atoms with Gasteiger partial charge in [0.15, 0.2) is 11.8 Å². The molecule has 7 heteroatoms. The molecule has 0 bridgehead atoms. The number of nitrogens with zero attached hydrogens (tertiary/aromatic N) is 3. The molecular formula is C5H9N7. The van der Waals surface area contributed by atoms with Gasteiger partial charge in [0.2, 0.25) is 0 Å². The van der Waals surface area contributed by atoms with Crippen LogP contribution in [0.2, 0.25) is 0 Å². The summed E-state index contributed by atoms with van der Waals surface area (Å²) in [6.07, 6.45) is 1.34. The molecule has 0 saturated carbocycles. The molecule has 0 aliphatic carbocycles. The first-order valence-corrected chi connectivity index (χ1v) is 3.07. The van der Waals surface area contributed by atoms with Crippen molar-refractivity contribution in [2.24, 2.45) is 16.5 Å². The van der Waals surface area contributed by atoms with Gasteiger partial charge < -0.3 is 22.9 Å². The van der Waals surface area contributed by atoms with E-state index in [0.29, 0.717) is 5.69 Å². The van der Waals surface area contributed by atoms with Crippen LogP contribution in [0.15, 0.2) is 11.2 Å². The number of hydrogen-bond acceptors (Lipinski definition) is 5. The summed E-state index contributed by atoms with van der Waals surface area (Å²) in [5.41, 5.74) is 21.2. The third kappa shape index (κ3) is 1.72. The zero-order valence-corrected chi connectivity index (χ0v) is 6.23. The number of nitrogens with two attached hydrogens (primary N) is 4. The molecule has 0 radical (unpaired) electrons. The van der Waals surface area contributed by atoms with Crippen molar-refractivity contribution >= 4 is 23.4 Å². The molecule has 7 nitrogen and oxygen atoms in total. The molecule has 0 unspecified atom stereocenters. The van der Waals surface area contributed by atoms with Gasteiger partial charge in [-0.1, -0.05) is 0 Å². The Morgan fingerprint density at radius 2 is 2.00 bits per heavy atom. The minimum Gasteiger partial charge on any atom is -0.394 e. The van der Waals surface area contributed by atoms with Crippen LogP contribution < -0.4 is 22.9 Å². The Kier molecular flexibility index (Phi) is 1.95. The van der Waals surface area contributed by atoms with E-state index in [2.05, 4.69) is 15.0 Å². The van der Waals surface area contributed by atoms with E-state index in [4.69, 9.17) is 22.9 Å². The second kappa shape index (κ2) is 2.91. The van der Waals surface area contributed by atoms with Crippen molar-refractivity contribution in [2.45, 2.75) is 0 Å². The van der Waals surface area contributed by atoms with Crippen LogP contribution >= 0.6 is 0 Å². The van der Waals surface area contributed by atoms with Gasteiger partial charge in [-0.05, 0) is 0 Å². The lowest BCUT2D eigenvalue weighted by Gasteiger charge is -1.97.